The second-order valence-electron chi connectivity index (χ2n) is 5.85. The van der Waals surface area contributed by atoms with Gasteiger partial charge in [0.05, 0.1) is 5.52 Å². The lowest BCUT2D eigenvalue weighted by molar-refractivity contribution is 0.622. The van der Waals surface area contributed by atoms with E-state index in [4.69, 9.17) is 0 Å². The Kier molecular flexibility index (Phi) is 2.28. The number of hydrogen-bond donors (Lipinski definition) is 1. The van der Waals surface area contributed by atoms with Crippen LogP contribution in [0.2, 0.25) is 0 Å². The van der Waals surface area contributed by atoms with Crippen LogP contribution >= 0.6 is 0 Å². The molecule has 0 spiro atoms. The lowest BCUT2D eigenvalue weighted by Crippen LogP contribution is -2.11. The molecule has 1 atom stereocenters. The molecule has 0 saturated carbocycles. The molecular formula is C16H20N2. The van der Waals surface area contributed by atoms with Crippen LogP contribution in [0.15, 0.2) is 18.2 Å². The largest absolute Gasteiger partial charge is 0.345 e. The molecule has 1 aromatic carbocycles. The van der Waals surface area contributed by atoms with Gasteiger partial charge in [0.2, 0.25) is 0 Å². The third kappa shape index (κ3) is 1.45. The fourth-order valence-electron chi connectivity index (χ4n) is 3.74. The fourth-order valence-corrected chi connectivity index (χ4v) is 3.74. The predicted octanol–water partition coefficient (Wildman–Crippen LogP) is 2.97. The molecule has 1 aromatic heterocycles. The van der Waals surface area contributed by atoms with Crippen LogP contribution in [0.5, 0.6) is 0 Å². The zero-order valence-electron chi connectivity index (χ0n) is 11.0. The molecule has 1 fully saturated rings. The maximum Gasteiger partial charge on any atom is 0.0515 e. The SMILES string of the molecule is Cc1cc2cc(C3CCNC3)cc3c2n1CCC3. The molecule has 0 amide bonds. The molecule has 18 heavy (non-hydrogen) atoms. The van der Waals surface area contributed by atoms with Gasteiger partial charge in [0.1, 0.15) is 0 Å². The summed E-state index contributed by atoms with van der Waals surface area (Å²) in [6.45, 7) is 5.78. The van der Waals surface area contributed by atoms with Gasteiger partial charge in [0, 0.05) is 24.2 Å². The van der Waals surface area contributed by atoms with Gasteiger partial charge in [-0.2, -0.15) is 0 Å². The molecule has 2 aliphatic rings. The Morgan fingerprint density at radius 3 is 3.06 bits per heavy atom. The Balaban J connectivity index is 1.92. The first-order chi connectivity index (χ1) is 8.83. The van der Waals surface area contributed by atoms with Crippen molar-refractivity contribution in [2.24, 2.45) is 0 Å². The van der Waals surface area contributed by atoms with E-state index in [0.717, 1.165) is 12.5 Å². The van der Waals surface area contributed by atoms with E-state index < -0.39 is 0 Å². The average molecular weight is 240 g/mol. The Morgan fingerprint density at radius 2 is 2.22 bits per heavy atom. The van der Waals surface area contributed by atoms with E-state index in [-0.39, 0.29) is 0 Å². The highest BCUT2D eigenvalue weighted by atomic mass is 15.0. The quantitative estimate of drug-likeness (QED) is 0.811. The average Bonchev–Trinajstić information content (AvgIpc) is 3.00. The van der Waals surface area contributed by atoms with E-state index in [1.54, 1.807) is 11.1 Å². The zero-order valence-corrected chi connectivity index (χ0v) is 11.0. The van der Waals surface area contributed by atoms with Crippen LogP contribution in [0.3, 0.4) is 0 Å². The number of hydrogen-bond acceptors (Lipinski definition) is 1. The van der Waals surface area contributed by atoms with Crippen molar-refractivity contribution in [1.29, 1.82) is 0 Å². The first-order valence-electron chi connectivity index (χ1n) is 7.16. The number of nitrogens with one attached hydrogen (secondary N) is 1. The van der Waals surface area contributed by atoms with Gasteiger partial charge in [-0.05, 0) is 61.9 Å². The minimum absolute atomic E-state index is 0.733. The maximum absolute atomic E-state index is 3.48. The van der Waals surface area contributed by atoms with Crippen molar-refractivity contribution >= 4 is 10.9 Å². The van der Waals surface area contributed by atoms with Gasteiger partial charge in [0.25, 0.3) is 0 Å². The van der Waals surface area contributed by atoms with Crippen LogP contribution in [0.1, 0.15) is 35.6 Å². The lowest BCUT2D eigenvalue weighted by Gasteiger charge is -2.19. The molecule has 2 heteroatoms. The number of rotatable bonds is 1. The Morgan fingerprint density at radius 1 is 1.28 bits per heavy atom. The molecule has 0 aliphatic carbocycles. The van der Waals surface area contributed by atoms with E-state index in [9.17, 15) is 0 Å². The zero-order chi connectivity index (χ0) is 12.1. The minimum atomic E-state index is 0.733. The Bertz CT molecular complexity index is 603. The molecule has 2 aliphatic heterocycles. The monoisotopic (exact) mass is 240 g/mol. The number of aryl methyl sites for hydroxylation is 3. The van der Waals surface area contributed by atoms with E-state index in [2.05, 4.69) is 35.0 Å². The Labute approximate surface area is 108 Å². The first-order valence-corrected chi connectivity index (χ1v) is 7.16. The summed E-state index contributed by atoms with van der Waals surface area (Å²) in [5.41, 5.74) is 6.07. The molecule has 0 bridgehead atoms. The van der Waals surface area contributed by atoms with Gasteiger partial charge in [-0.3, -0.25) is 0 Å². The van der Waals surface area contributed by atoms with E-state index in [1.807, 2.05) is 0 Å². The van der Waals surface area contributed by atoms with E-state index in [1.165, 1.54) is 48.9 Å². The number of aromatic nitrogens is 1. The maximum atomic E-state index is 3.48. The van der Waals surface area contributed by atoms with Gasteiger partial charge >= 0.3 is 0 Å². The lowest BCUT2D eigenvalue weighted by atomic mass is 9.92. The second kappa shape index (κ2) is 3.86. The van der Waals surface area contributed by atoms with Gasteiger partial charge in [-0.15, -0.1) is 0 Å². The topological polar surface area (TPSA) is 17.0 Å². The third-order valence-corrected chi connectivity index (χ3v) is 4.66. The summed E-state index contributed by atoms with van der Waals surface area (Å²) in [5, 5.41) is 4.95. The molecular weight excluding hydrogens is 220 g/mol. The minimum Gasteiger partial charge on any atom is -0.345 e. The van der Waals surface area contributed by atoms with Crippen LogP contribution < -0.4 is 5.32 Å². The first kappa shape index (κ1) is 10.6. The summed E-state index contributed by atoms with van der Waals surface area (Å²) in [6.07, 6.45) is 3.85. The van der Waals surface area contributed by atoms with Crippen molar-refractivity contribution in [2.45, 2.75) is 38.6 Å². The summed E-state index contributed by atoms with van der Waals surface area (Å²) in [6, 6.07) is 7.29. The van der Waals surface area contributed by atoms with E-state index >= 15 is 0 Å². The van der Waals surface area contributed by atoms with Crippen molar-refractivity contribution in [3.8, 4) is 0 Å². The highest BCUT2D eigenvalue weighted by Gasteiger charge is 2.21. The van der Waals surface area contributed by atoms with Crippen LogP contribution in [0.25, 0.3) is 10.9 Å². The molecule has 1 N–H and O–H groups in total. The molecule has 1 unspecified atom stereocenters. The van der Waals surface area contributed by atoms with E-state index in [0.29, 0.717) is 0 Å². The summed E-state index contributed by atoms with van der Waals surface area (Å²) in [4.78, 5) is 0. The van der Waals surface area contributed by atoms with Crippen molar-refractivity contribution in [2.75, 3.05) is 13.1 Å². The molecule has 2 aromatic rings. The molecule has 2 nitrogen and oxygen atoms in total. The second-order valence-corrected chi connectivity index (χ2v) is 5.85. The number of benzene rings is 1. The van der Waals surface area contributed by atoms with Crippen LogP contribution in [0, 0.1) is 6.92 Å². The standard InChI is InChI=1S/C16H20N2/c1-11-7-15-9-14(13-4-5-17-10-13)8-12-3-2-6-18(11)16(12)15/h7-9,13,17H,2-6,10H2,1H3. The normalized spacial score (nSPS) is 22.8. The fraction of sp³-hybridized carbons (Fsp3) is 0.500. The predicted molar refractivity (Wildman–Crippen MR) is 75.2 cm³/mol. The van der Waals surface area contributed by atoms with Crippen molar-refractivity contribution in [1.82, 2.24) is 9.88 Å². The smallest absolute Gasteiger partial charge is 0.0515 e. The highest BCUT2D eigenvalue weighted by Crippen LogP contribution is 2.33. The third-order valence-electron chi connectivity index (χ3n) is 4.66. The van der Waals surface area contributed by atoms with Gasteiger partial charge in [-0.25, -0.2) is 0 Å². The van der Waals surface area contributed by atoms with Crippen LogP contribution in [-0.4, -0.2) is 17.7 Å². The highest BCUT2D eigenvalue weighted by molar-refractivity contribution is 5.86. The molecule has 0 radical (unpaired) electrons. The summed E-state index contributed by atoms with van der Waals surface area (Å²) < 4.78 is 2.50. The van der Waals surface area contributed by atoms with Crippen LogP contribution in [-0.2, 0) is 13.0 Å². The van der Waals surface area contributed by atoms with Gasteiger partial charge < -0.3 is 9.88 Å². The summed E-state index contributed by atoms with van der Waals surface area (Å²) in [7, 11) is 0. The van der Waals surface area contributed by atoms with Gasteiger partial charge in [-0.1, -0.05) is 6.07 Å². The summed E-state index contributed by atoms with van der Waals surface area (Å²) in [5.74, 6) is 0.733. The molecule has 1 saturated heterocycles. The van der Waals surface area contributed by atoms with Crippen molar-refractivity contribution < 1.29 is 0 Å². The van der Waals surface area contributed by atoms with Crippen LogP contribution in [0.4, 0.5) is 0 Å². The molecule has 94 valence electrons. The molecule has 4 rings (SSSR count). The summed E-state index contributed by atoms with van der Waals surface area (Å²) >= 11 is 0. The van der Waals surface area contributed by atoms with Gasteiger partial charge in [0.15, 0.2) is 0 Å². The van der Waals surface area contributed by atoms with Crippen molar-refractivity contribution in [3.05, 3.63) is 35.0 Å². The molecule has 3 heterocycles. The van der Waals surface area contributed by atoms with Crippen molar-refractivity contribution in [3.63, 3.8) is 0 Å². The Hall–Kier alpha value is -1.28. The number of nitrogens with zero attached hydrogens (tertiary/aromatic N) is 1.